The van der Waals surface area contributed by atoms with E-state index in [1.807, 2.05) is 0 Å². The van der Waals surface area contributed by atoms with Gasteiger partial charge in [-0.25, -0.2) is 4.79 Å². The van der Waals surface area contributed by atoms with E-state index in [9.17, 15) is 27.6 Å². The first-order valence-electron chi connectivity index (χ1n) is 8.05. The first kappa shape index (κ1) is 20.9. The van der Waals surface area contributed by atoms with Crippen LogP contribution in [0, 0.1) is 0 Å². The summed E-state index contributed by atoms with van der Waals surface area (Å²) in [6.07, 6.45) is -5.26. The average Bonchev–Trinajstić information content (AvgIpc) is 2.66. The summed E-state index contributed by atoms with van der Waals surface area (Å²) < 4.78 is 48.2. The molecule has 0 radical (unpaired) electrons. The number of carbonyl (C=O) groups excluding carboxylic acids is 3. The number of rotatable bonds is 7. The van der Waals surface area contributed by atoms with Crippen molar-refractivity contribution in [2.45, 2.75) is 19.2 Å². The number of alkyl halides is 3. The fourth-order valence-electron chi connectivity index (χ4n) is 2.15. The van der Waals surface area contributed by atoms with Gasteiger partial charge in [-0.1, -0.05) is 18.2 Å². The van der Waals surface area contributed by atoms with Crippen LogP contribution in [-0.2, 0) is 20.5 Å². The lowest BCUT2D eigenvalue weighted by Crippen LogP contribution is -2.31. The second-order valence-electron chi connectivity index (χ2n) is 5.64. The number of carbonyl (C=O) groups is 3. The number of amides is 1. The van der Waals surface area contributed by atoms with Crippen LogP contribution in [0.2, 0.25) is 0 Å². The quantitative estimate of drug-likeness (QED) is 0.574. The Hall–Kier alpha value is -3.36. The van der Waals surface area contributed by atoms with Crippen LogP contribution in [0.15, 0.2) is 48.5 Å². The van der Waals surface area contributed by atoms with Crippen molar-refractivity contribution in [3.05, 3.63) is 59.7 Å². The Kier molecular flexibility index (Phi) is 6.75. The summed E-state index contributed by atoms with van der Waals surface area (Å²) in [6.45, 7) is 0.715. The summed E-state index contributed by atoms with van der Waals surface area (Å²) in [5, 5.41) is 2.25. The van der Waals surface area contributed by atoms with Crippen LogP contribution in [0.25, 0.3) is 0 Å². The van der Waals surface area contributed by atoms with E-state index in [0.717, 1.165) is 18.2 Å². The Morgan fingerprint density at radius 2 is 1.86 bits per heavy atom. The highest BCUT2D eigenvalue weighted by Gasteiger charge is 2.30. The van der Waals surface area contributed by atoms with Gasteiger partial charge in [0.15, 0.2) is 19.0 Å². The molecule has 9 heteroatoms. The Labute approximate surface area is 158 Å². The van der Waals surface area contributed by atoms with E-state index in [4.69, 9.17) is 9.47 Å². The molecule has 28 heavy (non-hydrogen) atoms. The lowest BCUT2D eigenvalue weighted by Gasteiger charge is -2.15. The number of hydrogen-bond donors (Lipinski definition) is 1. The lowest BCUT2D eigenvalue weighted by molar-refractivity contribution is -0.155. The minimum absolute atomic E-state index is 0.0844. The number of esters is 1. The number of nitrogens with one attached hydrogen (secondary N) is 1. The van der Waals surface area contributed by atoms with Gasteiger partial charge >= 0.3 is 12.1 Å². The fourth-order valence-corrected chi connectivity index (χ4v) is 2.15. The predicted octanol–water partition coefficient (Wildman–Crippen LogP) is 3.47. The zero-order chi connectivity index (χ0) is 20.7. The van der Waals surface area contributed by atoms with Crippen LogP contribution in [0.1, 0.15) is 22.8 Å². The highest BCUT2D eigenvalue weighted by molar-refractivity contribution is 5.95. The molecular formula is C19H16F3NO5. The van der Waals surface area contributed by atoms with Gasteiger partial charge in [-0.15, -0.1) is 0 Å². The van der Waals surface area contributed by atoms with E-state index in [-0.39, 0.29) is 17.0 Å². The molecule has 0 aliphatic rings. The van der Waals surface area contributed by atoms with E-state index in [0.29, 0.717) is 6.29 Å². The maximum atomic E-state index is 12.7. The van der Waals surface area contributed by atoms with Gasteiger partial charge < -0.3 is 14.8 Å². The maximum Gasteiger partial charge on any atom is 0.416 e. The molecule has 0 aromatic heterocycles. The number of benzene rings is 2. The second kappa shape index (κ2) is 9.03. The van der Waals surface area contributed by atoms with Crippen molar-refractivity contribution in [1.29, 1.82) is 0 Å². The summed E-state index contributed by atoms with van der Waals surface area (Å²) in [7, 11) is 0. The third-order valence-corrected chi connectivity index (χ3v) is 3.53. The second-order valence-corrected chi connectivity index (χ2v) is 5.64. The highest BCUT2D eigenvalue weighted by Crippen LogP contribution is 2.30. The number of halogens is 3. The normalized spacial score (nSPS) is 12.0. The molecule has 2 aromatic carbocycles. The van der Waals surface area contributed by atoms with Crippen LogP contribution in [0.4, 0.5) is 18.9 Å². The molecule has 0 aliphatic carbocycles. The Morgan fingerprint density at radius 1 is 1.14 bits per heavy atom. The number of ether oxygens (including phenoxy) is 2. The monoisotopic (exact) mass is 395 g/mol. The molecule has 0 fully saturated rings. The molecular weight excluding hydrogens is 379 g/mol. The van der Waals surface area contributed by atoms with Gasteiger partial charge in [0.1, 0.15) is 5.75 Å². The first-order chi connectivity index (χ1) is 13.2. The highest BCUT2D eigenvalue weighted by atomic mass is 19.4. The third-order valence-electron chi connectivity index (χ3n) is 3.53. The summed E-state index contributed by atoms with van der Waals surface area (Å²) in [4.78, 5) is 34.7. The zero-order valence-electron chi connectivity index (χ0n) is 14.7. The number of anilines is 1. The molecule has 0 saturated heterocycles. The number of para-hydroxylation sites is 1. The van der Waals surface area contributed by atoms with E-state index < -0.39 is 36.3 Å². The minimum Gasteiger partial charge on any atom is -0.481 e. The molecule has 1 N–H and O–H groups in total. The Bertz CT molecular complexity index is 867. The molecule has 1 atom stereocenters. The van der Waals surface area contributed by atoms with Crippen LogP contribution in [0.3, 0.4) is 0 Å². The van der Waals surface area contributed by atoms with Crippen molar-refractivity contribution in [3.63, 3.8) is 0 Å². The molecule has 0 aliphatic heterocycles. The minimum atomic E-state index is -4.55. The van der Waals surface area contributed by atoms with E-state index in [1.54, 1.807) is 12.1 Å². The summed E-state index contributed by atoms with van der Waals surface area (Å²) >= 11 is 0. The standard InChI is InChI=1S/C19H16F3NO5/c1-12(18(26)23-15-7-4-6-14(9-15)19(20,21)22)28-17(25)11-27-16-8-3-2-5-13(16)10-24/h2-10,12H,11H2,1H3,(H,23,26). The maximum absolute atomic E-state index is 12.7. The molecule has 0 heterocycles. The lowest BCUT2D eigenvalue weighted by atomic mass is 10.2. The van der Waals surface area contributed by atoms with Crippen molar-refractivity contribution in [2.75, 3.05) is 11.9 Å². The topological polar surface area (TPSA) is 81.7 Å². The van der Waals surface area contributed by atoms with Crippen LogP contribution >= 0.6 is 0 Å². The third kappa shape index (κ3) is 5.83. The van der Waals surface area contributed by atoms with Crippen LogP contribution < -0.4 is 10.1 Å². The number of hydrogen-bond acceptors (Lipinski definition) is 5. The molecule has 1 unspecified atom stereocenters. The van der Waals surface area contributed by atoms with Crippen molar-refractivity contribution >= 4 is 23.9 Å². The van der Waals surface area contributed by atoms with Gasteiger partial charge in [0.2, 0.25) is 0 Å². The Balaban J connectivity index is 1.90. The van der Waals surface area contributed by atoms with Gasteiger partial charge in [0.05, 0.1) is 11.1 Å². The van der Waals surface area contributed by atoms with Crippen molar-refractivity contribution in [1.82, 2.24) is 0 Å². The zero-order valence-corrected chi connectivity index (χ0v) is 14.7. The van der Waals surface area contributed by atoms with E-state index in [1.165, 1.54) is 25.1 Å². The van der Waals surface area contributed by atoms with E-state index in [2.05, 4.69) is 5.32 Å². The largest absolute Gasteiger partial charge is 0.481 e. The van der Waals surface area contributed by atoms with Crippen LogP contribution in [-0.4, -0.2) is 30.9 Å². The van der Waals surface area contributed by atoms with Crippen molar-refractivity contribution < 1.29 is 37.0 Å². The number of aldehydes is 1. The SMILES string of the molecule is CC(OC(=O)COc1ccccc1C=O)C(=O)Nc1cccc(C(F)(F)F)c1. The molecule has 2 aromatic rings. The van der Waals surface area contributed by atoms with Crippen LogP contribution in [0.5, 0.6) is 5.75 Å². The molecule has 1 amide bonds. The molecule has 0 bridgehead atoms. The average molecular weight is 395 g/mol. The van der Waals surface area contributed by atoms with Gasteiger partial charge in [0.25, 0.3) is 5.91 Å². The summed E-state index contributed by atoms with van der Waals surface area (Å²) in [5.74, 6) is -1.51. The van der Waals surface area contributed by atoms with Gasteiger partial charge in [-0.05, 0) is 37.3 Å². The molecule has 6 nitrogen and oxygen atoms in total. The van der Waals surface area contributed by atoms with Gasteiger partial charge in [-0.3, -0.25) is 9.59 Å². The van der Waals surface area contributed by atoms with E-state index >= 15 is 0 Å². The van der Waals surface area contributed by atoms with Gasteiger partial charge in [0, 0.05) is 5.69 Å². The molecule has 0 saturated carbocycles. The van der Waals surface area contributed by atoms with Crippen molar-refractivity contribution in [2.24, 2.45) is 0 Å². The van der Waals surface area contributed by atoms with Gasteiger partial charge in [-0.2, -0.15) is 13.2 Å². The molecule has 148 valence electrons. The summed E-state index contributed by atoms with van der Waals surface area (Å²) in [6, 6.07) is 10.3. The predicted molar refractivity (Wildman–Crippen MR) is 93.0 cm³/mol. The molecule has 2 rings (SSSR count). The fraction of sp³-hybridized carbons (Fsp3) is 0.211. The first-order valence-corrected chi connectivity index (χ1v) is 8.05. The Morgan fingerprint density at radius 3 is 2.54 bits per heavy atom. The smallest absolute Gasteiger partial charge is 0.416 e. The summed E-state index contributed by atoms with van der Waals surface area (Å²) in [5.41, 5.74) is -0.762. The van der Waals surface area contributed by atoms with Crippen molar-refractivity contribution in [3.8, 4) is 5.75 Å². The molecule has 0 spiro atoms.